The van der Waals surface area contributed by atoms with E-state index in [1.807, 2.05) is 26.0 Å². The Bertz CT molecular complexity index is 652. The lowest BCUT2D eigenvalue weighted by atomic mass is 9.85. The summed E-state index contributed by atoms with van der Waals surface area (Å²) in [6.45, 7) is 4.04. The maximum absolute atomic E-state index is 13.8. The number of nitrogens with zero attached hydrogens (tertiary/aromatic N) is 2. The second-order valence-corrected chi connectivity index (χ2v) is 5.89. The third kappa shape index (κ3) is 2.04. The molecule has 1 unspecified atom stereocenters. The molecule has 0 amide bonds. The van der Waals surface area contributed by atoms with E-state index in [-0.39, 0.29) is 24.8 Å². The lowest BCUT2D eigenvalue weighted by molar-refractivity contribution is -0.187. The van der Waals surface area contributed by atoms with Crippen molar-refractivity contribution in [3.05, 3.63) is 30.1 Å². The summed E-state index contributed by atoms with van der Waals surface area (Å²) in [5, 5.41) is 2.86. The number of hydrogen-bond donors (Lipinski definition) is 1. The number of benzene rings is 1. The van der Waals surface area contributed by atoms with Crippen molar-refractivity contribution in [3.8, 4) is 0 Å². The fourth-order valence-corrected chi connectivity index (χ4v) is 3.16. The number of alkyl halides is 3. The molecule has 0 aliphatic carbocycles. The van der Waals surface area contributed by atoms with E-state index in [0.29, 0.717) is 12.1 Å². The van der Waals surface area contributed by atoms with Crippen LogP contribution in [-0.4, -0.2) is 28.8 Å². The Balaban J connectivity index is 2.30. The van der Waals surface area contributed by atoms with Gasteiger partial charge in [-0.15, -0.1) is 0 Å². The topological polar surface area (TPSA) is 29.9 Å². The predicted molar refractivity (Wildman–Crippen MR) is 75.3 cm³/mol. The molecule has 1 saturated heterocycles. The summed E-state index contributed by atoms with van der Waals surface area (Å²) in [6.07, 6.45) is -4.28. The molecule has 0 radical (unpaired) electrons. The van der Waals surface area contributed by atoms with E-state index in [9.17, 15) is 13.2 Å². The Morgan fingerprint density at radius 2 is 2.00 bits per heavy atom. The highest BCUT2D eigenvalue weighted by atomic mass is 19.4. The molecule has 6 heteroatoms. The average molecular weight is 297 g/mol. The highest BCUT2D eigenvalue weighted by Crippen LogP contribution is 2.46. The Morgan fingerprint density at radius 1 is 1.29 bits per heavy atom. The SMILES string of the molecule is CC(C)n1c(C2(C(F)(F)F)CCNC2)nc2ccccc21. The Labute approximate surface area is 121 Å². The molecule has 0 saturated carbocycles. The first kappa shape index (κ1) is 14.4. The van der Waals surface area contributed by atoms with Crippen LogP contribution in [0.15, 0.2) is 24.3 Å². The number of fused-ring (bicyclic) bond motifs is 1. The number of para-hydroxylation sites is 2. The maximum Gasteiger partial charge on any atom is 0.402 e. The van der Waals surface area contributed by atoms with Gasteiger partial charge in [-0.3, -0.25) is 0 Å². The van der Waals surface area contributed by atoms with E-state index in [2.05, 4.69) is 10.3 Å². The van der Waals surface area contributed by atoms with Crippen molar-refractivity contribution in [3.63, 3.8) is 0 Å². The van der Waals surface area contributed by atoms with Gasteiger partial charge in [0.05, 0.1) is 11.0 Å². The van der Waals surface area contributed by atoms with Gasteiger partial charge < -0.3 is 9.88 Å². The smallest absolute Gasteiger partial charge is 0.325 e. The van der Waals surface area contributed by atoms with Crippen molar-refractivity contribution in [2.75, 3.05) is 13.1 Å². The first-order chi connectivity index (χ1) is 9.87. The van der Waals surface area contributed by atoms with E-state index in [4.69, 9.17) is 0 Å². The third-order valence-electron chi connectivity index (χ3n) is 4.24. The summed E-state index contributed by atoms with van der Waals surface area (Å²) >= 11 is 0. The Morgan fingerprint density at radius 3 is 2.57 bits per heavy atom. The molecular weight excluding hydrogens is 279 g/mol. The van der Waals surface area contributed by atoms with Crippen LogP contribution in [0.4, 0.5) is 13.2 Å². The molecule has 1 aromatic carbocycles. The van der Waals surface area contributed by atoms with Crippen LogP contribution in [0.3, 0.4) is 0 Å². The molecule has 3 rings (SSSR count). The van der Waals surface area contributed by atoms with Gasteiger partial charge in [0.2, 0.25) is 0 Å². The van der Waals surface area contributed by atoms with Gasteiger partial charge in [-0.2, -0.15) is 13.2 Å². The van der Waals surface area contributed by atoms with Crippen molar-refractivity contribution in [2.24, 2.45) is 0 Å². The molecule has 114 valence electrons. The summed E-state index contributed by atoms with van der Waals surface area (Å²) in [5.41, 5.74) is -0.509. The Hall–Kier alpha value is -1.56. The minimum atomic E-state index is -4.31. The standard InChI is InChI=1S/C15H18F3N3/c1-10(2)21-12-6-4-3-5-11(12)20-13(21)14(15(16,17)18)7-8-19-9-14/h3-6,10,19H,7-9H2,1-2H3. The van der Waals surface area contributed by atoms with E-state index >= 15 is 0 Å². The zero-order chi connectivity index (χ0) is 15.3. The highest BCUT2D eigenvalue weighted by molar-refractivity contribution is 5.76. The van der Waals surface area contributed by atoms with Crippen molar-refractivity contribution in [1.82, 2.24) is 14.9 Å². The molecule has 1 fully saturated rings. The molecule has 2 aromatic rings. The van der Waals surface area contributed by atoms with Gasteiger partial charge in [-0.25, -0.2) is 4.98 Å². The largest absolute Gasteiger partial charge is 0.402 e. The van der Waals surface area contributed by atoms with Crippen molar-refractivity contribution < 1.29 is 13.2 Å². The number of nitrogens with one attached hydrogen (secondary N) is 1. The van der Waals surface area contributed by atoms with Crippen LogP contribution in [0, 0.1) is 0 Å². The zero-order valence-corrected chi connectivity index (χ0v) is 12.0. The van der Waals surface area contributed by atoms with Gasteiger partial charge >= 0.3 is 6.18 Å². The molecular formula is C15H18F3N3. The number of imidazole rings is 1. The number of halogens is 3. The van der Waals surface area contributed by atoms with E-state index in [0.717, 1.165) is 5.52 Å². The maximum atomic E-state index is 13.8. The van der Waals surface area contributed by atoms with Crippen molar-refractivity contribution >= 4 is 11.0 Å². The van der Waals surface area contributed by atoms with Gasteiger partial charge in [-0.05, 0) is 38.9 Å². The predicted octanol–water partition coefficient (Wildman–Crippen LogP) is 3.41. The van der Waals surface area contributed by atoms with E-state index in [1.54, 1.807) is 16.7 Å². The summed E-state index contributed by atoms with van der Waals surface area (Å²) in [5.74, 6) is 0.135. The minimum absolute atomic E-state index is 0.0343. The summed E-state index contributed by atoms with van der Waals surface area (Å²) < 4.78 is 43.1. The molecule has 3 nitrogen and oxygen atoms in total. The van der Waals surface area contributed by atoms with Crippen LogP contribution >= 0.6 is 0 Å². The fourth-order valence-electron chi connectivity index (χ4n) is 3.16. The quantitative estimate of drug-likeness (QED) is 0.920. The molecule has 1 atom stereocenters. The van der Waals surface area contributed by atoms with Gasteiger partial charge in [0.25, 0.3) is 0 Å². The minimum Gasteiger partial charge on any atom is -0.325 e. The zero-order valence-electron chi connectivity index (χ0n) is 12.0. The second-order valence-electron chi connectivity index (χ2n) is 5.89. The summed E-state index contributed by atoms with van der Waals surface area (Å²) in [6, 6.07) is 7.16. The summed E-state index contributed by atoms with van der Waals surface area (Å²) in [4.78, 5) is 4.36. The second kappa shape index (κ2) is 4.73. The molecule has 1 aliphatic rings. The number of hydrogen-bond acceptors (Lipinski definition) is 2. The number of aromatic nitrogens is 2. The lowest BCUT2D eigenvalue weighted by Gasteiger charge is -2.31. The van der Waals surface area contributed by atoms with Crippen LogP contribution in [0.5, 0.6) is 0 Å². The monoisotopic (exact) mass is 297 g/mol. The molecule has 1 aliphatic heterocycles. The van der Waals surface area contributed by atoms with Gasteiger partial charge in [-0.1, -0.05) is 12.1 Å². The highest BCUT2D eigenvalue weighted by Gasteiger charge is 2.60. The van der Waals surface area contributed by atoms with Crippen LogP contribution in [0.1, 0.15) is 32.1 Å². The molecule has 1 aromatic heterocycles. The first-order valence-electron chi connectivity index (χ1n) is 7.12. The average Bonchev–Trinajstić information content (AvgIpc) is 3.03. The van der Waals surface area contributed by atoms with Crippen LogP contribution < -0.4 is 5.32 Å². The fraction of sp³-hybridized carbons (Fsp3) is 0.533. The normalized spacial score (nSPS) is 23.3. The van der Waals surface area contributed by atoms with Gasteiger partial charge in [0, 0.05) is 12.6 Å². The third-order valence-corrected chi connectivity index (χ3v) is 4.24. The van der Waals surface area contributed by atoms with Crippen molar-refractivity contribution in [2.45, 2.75) is 37.9 Å². The number of rotatable bonds is 2. The molecule has 21 heavy (non-hydrogen) atoms. The summed E-state index contributed by atoms with van der Waals surface area (Å²) in [7, 11) is 0. The van der Waals surface area contributed by atoms with Crippen LogP contribution in [-0.2, 0) is 5.41 Å². The van der Waals surface area contributed by atoms with Gasteiger partial charge in [0.15, 0.2) is 0 Å². The molecule has 1 N–H and O–H groups in total. The molecule has 2 heterocycles. The van der Waals surface area contributed by atoms with Crippen LogP contribution in [0.2, 0.25) is 0 Å². The van der Waals surface area contributed by atoms with E-state index in [1.165, 1.54) is 0 Å². The van der Waals surface area contributed by atoms with Gasteiger partial charge in [0.1, 0.15) is 11.2 Å². The van der Waals surface area contributed by atoms with Crippen molar-refractivity contribution in [1.29, 1.82) is 0 Å². The molecule has 0 bridgehead atoms. The Kier molecular flexibility index (Phi) is 3.24. The van der Waals surface area contributed by atoms with E-state index < -0.39 is 11.6 Å². The lowest BCUT2D eigenvalue weighted by Crippen LogP contribution is -2.46. The van der Waals surface area contributed by atoms with Crippen LogP contribution in [0.25, 0.3) is 11.0 Å². The molecule has 0 spiro atoms. The first-order valence-corrected chi connectivity index (χ1v) is 7.12.